The summed E-state index contributed by atoms with van der Waals surface area (Å²) in [6.07, 6.45) is 1.34. The SMILES string of the molecule is CCOC(=O)c1[nH]c2cc3c(cc2c1NC(=O)C[NH+]1CCC(C(N)=O)CC1)OCO3. The van der Waals surface area contributed by atoms with Crippen LogP contribution in [0.15, 0.2) is 12.1 Å². The maximum absolute atomic E-state index is 12.8. The molecule has 0 aliphatic carbocycles. The molecule has 2 aliphatic heterocycles. The second-order valence-corrected chi connectivity index (χ2v) is 7.50. The summed E-state index contributed by atoms with van der Waals surface area (Å²) in [6, 6.07) is 3.47. The monoisotopic (exact) mass is 417 g/mol. The number of ether oxygens (including phenoxy) is 3. The van der Waals surface area contributed by atoms with Gasteiger partial charge in [0.15, 0.2) is 18.0 Å². The van der Waals surface area contributed by atoms with Gasteiger partial charge in [0, 0.05) is 30.2 Å². The highest BCUT2D eigenvalue weighted by Crippen LogP contribution is 2.39. The summed E-state index contributed by atoms with van der Waals surface area (Å²) in [7, 11) is 0. The number of likely N-dealkylation sites (tertiary alicyclic amines) is 1. The lowest BCUT2D eigenvalue weighted by atomic mass is 9.96. The quantitative estimate of drug-likeness (QED) is 0.480. The first-order valence-electron chi connectivity index (χ1n) is 10.0. The molecule has 10 heteroatoms. The summed E-state index contributed by atoms with van der Waals surface area (Å²) in [5, 5.41) is 3.50. The molecule has 0 atom stereocenters. The van der Waals surface area contributed by atoms with Crippen LogP contribution in [0.4, 0.5) is 5.69 Å². The number of nitrogens with two attached hydrogens (primary N) is 1. The predicted octanol–water partition coefficient (Wildman–Crippen LogP) is -0.208. The number of quaternary nitrogens is 1. The Hall–Kier alpha value is -3.27. The number of hydrogen-bond acceptors (Lipinski definition) is 6. The lowest BCUT2D eigenvalue weighted by Crippen LogP contribution is -3.14. The Morgan fingerprint density at radius 2 is 1.93 bits per heavy atom. The van der Waals surface area contributed by atoms with Gasteiger partial charge in [-0.2, -0.15) is 0 Å². The van der Waals surface area contributed by atoms with Crippen LogP contribution in [-0.2, 0) is 14.3 Å². The van der Waals surface area contributed by atoms with Gasteiger partial charge in [-0.1, -0.05) is 0 Å². The van der Waals surface area contributed by atoms with E-state index >= 15 is 0 Å². The molecule has 0 bridgehead atoms. The number of hydrogen-bond donors (Lipinski definition) is 4. The molecule has 1 fully saturated rings. The van der Waals surface area contributed by atoms with E-state index in [1.807, 2.05) is 0 Å². The standard InChI is InChI=1S/C20H24N4O6/c1-2-28-20(27)18-17(12-7-14-15(30-10-29-14)8-13(12)22-18)23-16(25)9-24-5-3-11(4-6-24)19(21)26/h7-8,11,22H,2-6,9-10H2,1H3,(H2,21,26)(H,23,25)/p+1. The van der Waals surface area contributed by atoms with Crippen molar-refractivity contribution in [2.24, 2.45) is 11.7 Å². The number of esters is 1. The summed E-state index contributed by atoms with van der Waals surface area (Å²) < 4.78 is 15.9. The Morgan fingerprint density at radius 3 is 2.60 bits per heavy atom. The average molecular weight is 417 g/mol. The van der Waals surface area contributed by atoms with E-state index in [1.54, 1.807) is 19.1 Å². The van der Waals surface area contributed by atoms with E-state index in [2.05, 4.69) is 10.3 Å². The number of carbonyl (C=O) groups is 3. The van der Waals surface area contributed by atoms with Gasteiger partial charge in [-0.05, 0) is 13.0 Å². The number of benzene rings is 1. The molecule has 160 valence electrons. The second kappa shape index (κ2) is 8.23. The van der Waals surface area contributed by atoms with E-state index in [1.165, 1.54) is 0 Å². The average Bonchev–Trinajstić information content (AvgIpc) is 3.31. The second-order valence-electron chi connectivity index (χ2n) is 7.50. The van der Waals surface area contributed by atoms with E-state index in [9.17, 15) is 14.4 Å². The summed E-state index contributed by atoms with van der Waals surface area (Å²) in [6.45, 7) is 3.66. The maximum Gasteiger partial charge on any atom is 0.356 e. The molecule has 0 spiro atoms. The number of nitrogens with one attached hydrogen (secondary N) is 3. The predicted molar refractivity (Wildman–Crippen MR) is 106 cm³/mol. The molecule has 0 saturated carbocycles. The fraction of sp³-hybridized carbons (Fsp3) is 0.450. The van der Waals surface area contributed by atoms with Gasteiger partial charge in [-0.15, -0.1) is 0 Å². The van der Waals surface area contributed by atoms with E-state index in [-0.39, 0.29) is 43.4 Å². The first-order valence-corrected chi connectivity index (χ1v) is 10.0. The van der Waals surface area contributed by atoms with E-state index < -0.39 is 5.97 Å². The molecule has 2 amide bonds. The first kappa shape index (κ1) is 20.0. The number of amides is 2. The van der Waals surface area contributed by atoms with Crippen molar-refractivity contribution in [2.45, 2.75) is 19.8 Å². The third-order valence-corrected chi connectivity index (χ3v) is 5.54. The largest absolute Gasteiger partial charge is 0.461 e. The fourth-order valence-corrected chi connectivity index (χ4v) is 3.97. The maximum atomic E-state index is 12.8. The van der Waals surface area contributed by atoms with Gasteiger partial charge >= 0.3 is 5.97 Å². The number of H-pyrrole nitrogens is 1. The van der Waals surface area contributed by atoms with Crippen LogP contribution in [0.25, 0.3) is 10.9 Å². The van der Waals surface area contributed by atoms with Gasteiger partial charge < -0.3 is 35.1 Å². The van der Waals surface area contributed by atoms with Crippen molar-refractivity contribution in [3.8, 4) is 11.5 Å². The zero-order chi connectivity index (χ0) is 21.3. The van der Waals surface area contributed by atoms with Crippen LogP contribution < -0.4 is 25.4 Å². The smallest absolute Gasteiger partial charge is 0.356 e. The van der Waals surface area contributed by atoms with Gasteiger partial charge in [0.25, 0.3) is 5.91 Å². The van der Waals surface area contributed by atoms with Crippen LogP contribution in [0, 0.1) is 5.92 Å². The zero-order valence-electron chi connectivity index (χ0n) is 16.7. The van der Waals surface area contributed by atoms with Gasteiger partial charge in [0.2, 0.25) is 12.7 Å². The number of carbonyl (C=O) groups excluding carboxylic acids is 3. The number of aromatic amines is 1. The molecular weight excluding hydrogens is 392 g/mol. The Labute approximate surface area is 172 Å². The summed E-state index contributed by atoms with van der Waals surface area (Å²) in [5.41, 5.74) is 6.54. The lowest BCUT2D eigenvalue weighted by Gasteiger charge is -2.27. The van der Waals surface area contributed by atoms with Crippen molar-refractivity contribution in [1.29, 1.82) is 0 Å². The highest BCUT2D eigenvalue weighted by atomic mass is 16.7. The molecule has 2 aromatic rings. The highest BCUT2D eigenvalue weighted by molar-refractivity contribution is 6.11. The van der Waals surface area contributed by atoms with Crippen molar-refractivity contribution in [2.75, 3.05) is 38.4 Å². The molecule has 10 nitrogen and oxygen atoms in total. The topological polar surface area (TPSA) is 137 Å². The van der Waals surface area contributed by atoms with Crippen molar-refractivity contribution >= 4 is 34.4 Å². The van der Waals surface area contributed by atoms with Crippen LogP contribution in [0.2, 0.25) is 0 Å². The number of anilines is 1. The summed E-state index contributed by atoms with van der Waals surface area (Å²) in [5.74, 6) is -0.0714. The number of aromatic nitrogens is 1. The van der Waals surface area contributed by atoms with Gasteiger partial charge in [0.05, 0.1) is 30.9 Å². The molecule has 4 rings (SSSR count). The molecule has 1 aromatic heterocycles. The van der Waals surface area contributed by atoms with Crippen LogP contribution in [0.5, 0.6) is 11.5 Å². The van der Waals surface area contributed by atoms with E-state index in [4.69, 9.17) is 19.9 Å². The van der Waals surface area contributed by atoms with Crippen molar-refractivity contribution in [3.05, 3.63) is 17.8 Å². The summed E-state index contributed by atoms with van der Waals surface area (Å²) >= 11 is 0. The van der Waals surface area contributed by atoms with E-state index in [0.717, 1.165) is 4.90 Å². The summed E-state index contributed by atoms with van der Waals surface area (Å²) in [4.78, 5) is 40.6. The minimum Gasteiger partial charge on any atom is -0.461 e. The lowest BCUT2D eigenvalue weighted by molar-refractivity contribution is -0.897. The zero-order valence-corrected chi connectivity index (χ0v) is 16.7. The fourth-order valence-electron chi connectivity index (χ4n) is 3.97. The minimum absolute atomic E-state index is 0.120. The van der Waals surface area contributed by atoms with Crippen LogP contribution in [-0.4, -0.2) is 55.8 Å². The van der Waals surface area contributed by atoms with Crippen molar-refractivity contribution in [1.82, 2.24) is 4.98 Å². The third kappa shape index (κ3) is 3.90. The molecule has 2 aliphatic rings. The normalized spacial score (nSPS) is 20.2. The van der Waals surface area contributed by atoms with E-state index in [0.29, 0.717) is 54.0 Å². The molecule has 5 N–H and O–H groups in total. The van der Waals surface area contributed by atoms with Gasteiger partial charge in [0.1, 0.15) is 5.69 Å². The first-order chi connectivity index (χ1) is 14.5. The van der Waals surface area contributed by atoms with Crippen LogP contribution in [0.1, 0.15) is 30.3 Å². The van der Waals surface area contributed by atoms with Gasteiger partial charge in [-0.25, -0.2) is 4.79 Å². The Morgan fingerprint density at radius 1 is 1.23 bits per heavy atom. The number of fused-ring (bicyclic) bond motifs is 2. The Balaban J connectivity index is 1.54. The number of rotatable bonds is 6. The molecule has 30 heavy (non-hydrogen) atoms. The molecular formula is C20H25N4O6+. The molecule has 1 saturated heterocycles. The Bertz CT molecular complexity index is 993. The third-order valence-electron chi connectivity index (χ3n) is 5.54. The highest BCUT2D eigenvalue weighted by Gasteiger charge is 2.29. The van der Waals surface area contributed by atoms with Crippen LogP contribution in [0.3, 0.4) is 0 Å². The number of piperidine rings is 1. The van der Waals surface area contributed by atoms with Crippen molar-refractivity contribution in [3.63, 3.8) is 0 Å². The molecule has 0 radical (unpaired) electrons. The van der Waals surface area contributed by atoms with Gasteiger partial charge in [-0.3, -0.25) is 9.59 Å². The molecule has 1 aromatic carbocycles. The Kier molecular flexibility index (Phi) is 5.49. The van der Waals surface area contributed by atoms with Crippen molar-refractivity contribution < 1.29 is 33.5 Å². The minimum atomic E-state index is -0.555. The molecule has 0 unspecified atom stereocenters. The number of primary amides is 1. The van der Waals surface area contributed by atoms with Crippen LogP contribution >= 0.6 is 0 Å². The molecule has 3 heterocycles.